The average Bonchev–Trinajstić information content (AvgIpc) is 2.77. The average molecular weight is 252 g/mol. The molecule has 0 aromatic heterocycles. The van der Waals surface area contributed by atoms with Crippen molar-refractivity contribution in [2.24, 2.45) is 11.7 Å². The van der Waals surface area contributed by atoms with Crippen LogP contribution in [0.5, 0.6) is 0 Å². The normalized spacial score (nSPS) is 37.4. The van der Waals surface area contributed by atoms with E-state index in [0.717, 1.165) is 32.4 Å². The van der Waals surface area contributed by atoms with Crippen LogP contribution >= 0.6 is 0 Å². The molecule has 102 valence electrons. The van der Waals surface area contributed by atoms with Crippen LogP contribution in [0.1, 0.15) is 44.9 Å². The molecule has 4 heteroatoms. The zero-order chi connectivity index (χ0) is 12.8. The molecule has 1 heterocycles. The van der Waals surface area contributed by atoms with Gasteiger partial charge in [-0.2, -0.15) is 0 Å². The van der Waals surface area contributed by atoms with Gasteiger partial charge in [-0.05, 0) is 38.0 Å². The van der Waals surface area contributed by atoms with Crippen molar-refractivity contribution < 1.29 is 9.53 Å². The summed E-state index contributed by atoms with van der Waals surface area (Å²) in [6.07, 6.45) is 7.29. The van der Waals surface area contributed by atoms with Crippen LogP contribution in [0.15, 0.2) is 0 Å². The van der Waals surface area contributed by atoms with E-state index < -0.39 is 0 Å². The molecule has 4 nitrogen and oxygen atoms in total. The van der Waals surface area contributed by atoms with E-state index in [0.29, 0.717) is 12.3 Å². The van der Waals surface area contributed by atoms with Crippen molar-refractivity contribution in [3.63, 3.8) is 0 Å². The first-order valence-corrected chi connectivity index (χ1v) is 7.19. The first kappa shape index (κ1) is 12.4. The van der Waals surface area contributed by atoms with E-state index in [2.05, 4.69) is 0 Å². The maximum Gasteiger partial charge on any atom is 0.225 e. The Morgan fingerprint density at radius 3 is 2.72 bits per heavy atom. The number of methoxy groups -OCH3 is 1. The predicted molar refractivity (Wildman–Crippen MR) is 69.0 cm³/mol. The van der Waals surface area contributed by atoms with Crippen molar-refractivity contribution in [1.29, 1.82) is 0 Å². The molecule has 2 atom stereocenters. The first-order chi connectivity index (χ1) is 8.57. The van der Waals surface area contributed by atoms with Crippen LogP contribution in [0.4, 0.5) is 0 Å². The molecular weight excluding hydrogens is 228 g/mol. The van der Waals surface area contributed by atoms with Crippen molar-refractivity contribution in [1.82, 2.24) is 4.90 Å². The van der Waals surface area contributed by atoms with Crippen molar-refractivity contribution >= 4 is 5.91 Å². The molecular formula is C14H24N2O2. The SMILES string of the molecule is COC1(CC(=O)N2CC3CCCC3(N)C2)CCC1. The van der Waals surface area contributed by atoms with Crippen LogP contribution in [0.2, 0.25) is 0 Å². The molecule has 0 spiro atoms. The number of hydrogen-bond donors (Lipinski definition) is 1. The number of likely N-dealkylation sites (tertiary alicyclic amines) is 1. The maximum absolute atomic E-state index is 12.4. The summed E-state index contributed by atoms with van der Waals surface area (Å²) in [6, 6.07) is 0. The molecule has 3 fully saturated rings. The first-order valence-electron chi connectivity index (χ1n) is 7.19. The molecule has 2 aliphatic carbocycles. The number of amides is 1. The summed E-state index contributed by atoms with van der Waals surface area (Å²) in [5.74, 6) is 0.775. The van der Waals surface area contributed by atoms with E-state index in [4.69, 9.17) is 10.5 Å². The van der Waals surface area contributed by atoms with Gasteiger partial charge in [0.1, 0.15) is 0 Å². The van der Waals surface area contributed by atoms with Crippen molar-refractivity contribution in [2.45, 2.75) is 56.1 Å². The standard InChI is InChI=1S/C14H24N2O2/c1-18-13(5-3-6-13)8-12(17)16-9-11-4-2-7-14(11,15)10-16/h11H,2-10,15H2,1H3. The Morgan fingerprint density at radius 1 is 1.39 bits per heavy atom. The largest absolute Gasteiger partial charge is 0.378 e. The zero-order valence-electron chi connectivity index (χ0n) is 11.3. The molecule has 3 aliphatic rings. The minimum atomic E-state index is -0.156. The molecule has 1 aliphatic heterocycles. The summed E-state index contributed by atoms with van der Waals surface area (Å²) in [5.41, 5.74) is 6.17. The third-order valence-electron chi connectivity index (χ3n) is 5.46. The summed E-state index contributed by atoms with van der Waals surface area (Å²) in [5, 5.41) is 0. The van der Waals surface area contributed by atoms with Crippen LogP contribution in [0, 0.1) is 5.92 Å². The number of nitrogens with zero attached hydrogens (tertiary/aromatic N) is 1. The minimum absolute atomic E-state index is 0.0878. The van der Waals surface area contributed by atoms with Gasteiger partial charge in [0.25, 0.3) is 0 Å². The molecule has 2 N–H and O–H groups in total. The lowest BCUT2D eigenvalue weighted by Crippen LogP contribution is -2.47. The molecule has 0 aromatic rings. The Morgan fingerprint density at radius 2 is 2.17 bits per heavy atom. The van der Waals surface area contributed by atoms with Crippen LogP contribution in [-0.2, 0) is 9.53 Å². The molecule has 2 saturated carbocycles. The zero-order valence-corrected chi connectivity index (χ0v) is 11.3. The van der Waals surface area contributed by atoms with E-state index in [1.54, 1.807) is 7.11 Å². The molecule has 0 aromatic carbocycles. The lowest BCUT2D eigenvalue weighted by atomic mass is 9.77. The van der Waals surface area contributed by atoms with E-state index in [-0.39, 0.29) is 17.0 Å². The van der Waals surface area contributed by atoms with E-state index in [1.165, 1.54) is 19.3 Å². The summed E-state index contributed by atoms with van der Waals surface area (Å²) in [4.78, 5) is 14.4. The van der Waals surface area contributed by atoms with Gasteiger partial charge in [-0.3, -0.25) is 4.79 Å². The van der Waals surface area contributed by atoms with Crippen molar-refractivity contribution in [3.05, 3.63) is 0 Å². The quantitative estimate of drug-likeness (QED) is 0.823. The number of hydrogen-bond acceptors (Lipinski definition) is 3. The highest BCUT2D eigenvalue weighted by molar-refractivity contribution is 5.78. The fourth-order valence-corrected chi connectivity index (χ4v) is 3.94. The molecule has 0 bridgehead atoms. The highest BCUT2D eigenvalue weighted by atomic mass is 16.5. The highest BCUT2D eigenvalue weighted by Crippen LogP contribution is 2.42. The van der Waals surface area contributed by atoms with Crippen molar-refractivity contribution in [2.75, 3.05) is 20.2 Å². The van der Waals surface area contributed by atoms with Gasteiger partial charge in [0, 0.05) is 25.7 Å². The lowest BCUT2D eigenvalue weighted by Gasteiger charge is -2.40. The third kappa shape index (κ3) is 1.86. The van der Waals surface area contributed by atoms with E-state index in [1.807, 2.05) is 4.90 Å². The number of nitrogens with two attached hydrogens (primary N) is 1. The summed E-state index contributed by atoms with van der Waals surface area (Å²) in [6.45, 7) is 1.63. The Labute approximate surface area is 109 Å². The van der Waals surface area contributed by atoms with Crippen LogP contribution in [0.25, 0.3) is 0 Å². The Bertz CT molecular complexity index is 348. The molecule has 0 radical (unpaired) electrons. The highest BCUT2D eigenvalue weighted by Gasteiger charge is 2.49. The summed E-state index contributed by atoms with van der Waals surface area (Å²) < 4.78 is 5.54. The van der Waals surface area contributed by atoms with Crippen molar-refractivity contribution in [3.8, 4) is 0 Å². The molecule has 2 unspecified atom stereocenters. The van der Waals surface area contributed by atoms with Gasteiger partial charge in [0.05, 0.1) is 12.0 Å². The van der Waals surface area contributed by atoms with Crippen LogP contribution in [-0.4, -0.2) is 42.1 Å². The number of ether oxygens (including phenoxy) is 1. The second-order valence-corrected chi connectivity index (χ2v) is 6.51. The fraction of sp³-hybridized carbons (Fsp3) is 0.929. The van der Waals surface area contributed by atoms with Gasteiger partial charge in [0.15, 0.2) is 0 Å². The Kier molecular flexibility index (Phi) is 2.90. The van der Waals surface area contributed by atoms with Gasteiger partial charge in [0.2, 0.25) is 5.91 Å². The summed E-state index contributed by atoms with van der Waals surface area (Å²) in [7, 11) is 1.73. The van der Waals surface area contributed by atoms with Gasteiger partial charge in [-0.15, -0.1) is 0 Å². The lowest BCUT2D eigenvalue weighted by molar-refractivity contribution is -0.143. The Balaban J connectivity index is 1.61. The van der Waals surface area contributed by atoms with E-state index >= 15 is 0 Å². The molecule has 1 saturated heterocycles. The molecule has 3 rings (SSSR count). The van der Waals surface area contributed by atoms with Gasteiger partial charge < -0.3 is 15.4 Å². The van der Waals surface area contributed by atoms with Gasteiger partial charge in [-0.1, -0.05) is 6.42 Å². The smallest absolute Gasteiger partial charge is 0.225 e. The van der Waals surface area contributed by atoms with Crippen LogP contribution < -0.4 is 5.73 Å². The maximum atomic E-state index is 12.4. The number of rotatable bonds is 3. The van der Waals surface area contributed by atoms with Gasteiger partial charge in [-0.25, -0.2) is 0 Å². The second kappa shape index (κ2) is 4.20. The molecule has 18 heavy (non-hydrogen) atoms. The van der Waals surface area contributed by atoms with Gasteiger partial charge >= 0.3 is 0 Å². The fourth-order valence-electron chi connectivity index (χ4n) is 3.94. The van der Waals surface area contributed by atoms with E-state index in [9.17, 15) is 4.79 Å². The monoisotopic (exact) mass is 252 g/mol. The minimum Gasteiger partial charge on any atom is -0.378 e. The number of carbonyl (C=O) groups is 1. The third-order valence-corrected chi connectivity index (χ3v) is 5.46. The van der Waals surface area contributed by atoms with Crippen LogP contribution in [0.3, 0.4) is 0 Å². The Hall–Kier alpha value is -0.610. The number of carbonyl (C=O) groups excluding carboxylic acids is 1. The summed E-state index contributed by atoms with van der Waals surface area (Å²) >= 11 is 0. The number of fused-ring (bicyclic) bond motifs is 1. The molecule has 1 amide bonds. The topological polar surface area (TPSA) is 55.6 Å². The second-order valence-electron chi connectivity index (χ2n) is 6.51. The predicted octanol–water partition coefficient (Wildman–Crippen LogP) is 1.29.